The average molecular weight is 310 g/mol. The quantitative estimate of drug-likeness (QED) is 0.902. The monoisotopic (exact) mass is 309 g/mol. The summed E-state index contributed by atoms with van der Waals surface area (Å²) in [7, 11) is 0. The van der Waals surface area contributed by atoms with Gasteiger partial charge in [-0.1, -0.05) is 24.3 Å². The van der Waals surface area contributed by atoms with E-state index in [0.717, 1.165) is 10.2 Å². The number of benzene rings is 2. The van der Waals surface area contributed by atoms with Crippen LogP contribution in [0, 0.1) is 5.82 Å². The summed E-state index contributed by atoms with van der Waals surface area (Å²) in [4.78, 5) is 0. The molecular formula is C14H13BrFNO. The van der Waals surface area contributed by atoms with Crippen LogP contribution in [0.15, 0.2) is 53.0 Å². The molecule has 0 spiro atoms. The van der Waals surface area contributed by atoms with Crippen molar-refractivity contribution >= 4 is 21.6 Å². The normalized spacial score (nSPS) is 12.2. The zero-order chi connectivity index (χ0) is 13.0. The number of hydrogen-bond donors (Lipinski definition) is 2. The van der Waals surface area contributed by atoms with Crippen molar-refractivity contribution in [2.75, 3.05) is 11.9 Å². The maximum atomic E-state index is 13.2. The molecule has 0 saturated heterocycles. The van der Waals surface area contributed by atoms with Crippen molar-refractivity contribution in [3.8, 4) is 0 Å². The van der Waals surface area contributed by atoms with E-state index in [1.54, 1.807) is 12.1 Å². The number of hydrogen-bond acceptors (Lipinski definition) is 2. The van der Waals surface area contributed by atoms with E-state index in [1.165, 1.54) is 12.1 Å². The van der Waals surface area contributed by atoms with Crippen LogP contribution in [-0.2, 0) is 0 Å². The van der Waals surface area contributed by atoms with Gasteiger partial charge < -0.3 is 10.4 Å². The van der Waals surface area contributed by atoms with Crippen LogP contribution in [0.1, 0.15) is 11.6 Å². The maximum Gasteiger partial charge on any atom is 0.123 e. The first-order valence-electron chi connectivity index (χ1n) is 5.58. The maximum absolute atomic E-state index is 13.2. The lowest BCUT2D eigenvalue weighted by Gasteiger charge is -2.19. The first kappa shape index (κ1) is 13.1. The van der Waals surface area contributed by atoms with E-state index < -0.39 is 0 Å². The third kappa shape index (κ3) is 3.09. The Labute approximate surface area is 114 Å². The molecule has 0 amide bonds. The van der Waals surface area contributed by atoms with Gasteiger partial charge in [0.05, 0.1) is 12.6 Å². The predicted molar refractivity (Wildman–Crippen MR) is 74.0 cm³/mol. The van der Waals surface area contributed by atoms with Crippen molar-refractivity contribution < 1.29 is 9.50 Å². The van der Waals surface area contributed by atoms with E-state index in [9.17, 15) is 9.50 Å². The summed E-state index contributed by atoms with van der Waals surface area (Å²) in [6.07, 6.45) is 0. The molecule has 94 valence electrons. The molecule has 2 N–H and O–H groups in total. The summed E-state index contributed by atoms with van der Waals surface area (Å²) in [5.41, 5.74) is 1.58. The lowest BCUT2D eigenvalue weighted by Crippen LogP contribution is -2.15. The Kier molecular flexibility index (Phi) is 4.33. The fraction of sp³-hybridized carbons (Fsp3) is 0.143. The van der Waals surface area contributed by atoms with E-state index in [0.29, 0.717) is 5.56 Å². The highest BCUT2D eigenvalue weighted by Gasteiger charge is 2.11. The van der Waals surface area contributed by atoms with Gasteiger partial charge in [-0.25, -0.2) is 4.39 Å². The van der Waals surface area contributed by atoms with Crippen molar-refractivity contribution in [3.63, 3.8) is 0 Å². The van der Waals surface area contributed by atoms with Crippen LogP contribution in [0.4, 0.5) is 10.1 Å². The molecule has 0 aliphatic heterocycles. The molecule has 2 nitrogen and oxygen atoms in total. The fourth-order valence-electron chi connectivity index (χ4n) is 1.72. The standard InChI is InChI=1S/C14H13BrFNO/c15-12-6-1-2-7-13(12)17-14(9-18)10-4-3-5-11(16)8-10/h1-8,14,17-18H,9H2. The van der Waals surface area contributed by atoms with Crippen molar-refractivity contribution in [2.45, 2.75) is 6.04 Å². The van der Waals surface area contributed by atoms with Gasteiger partial charge in [0.15, 0.2) is 0 Å². The second-order valence-corrected chi connectivity index (χ2v) is 4.77. The lowest BCUT2D eigenvalue weighted by atomic mass is 10.1. The second-order valence-electron chi connectivity index (χ2n) is 3.91. The molecular weight excluding hydrogens is 297 g/mol. The molecule has 1 unspecified atom stereocenters. The van der Waals surface area contributed by atoms with Crippen LogP contribution in [0.2, 0.25) is 0 Å². The van der Waals surface area contributed by atoms with Gasteiger partial charge in [0.25, 0.3) is 0 Å². The molecule has 0 bridgehead atoms. The number of nitrogens with one attached hydrogen (secondary N) is 1. The Morgan fingerprint density at radius 2 is 1.94 bits per heavy atom. The average Bonchev–Trinajstić information content (AvgIpc) is 2.38. The van der Waals surface area contributed by atoms with Crippen molar-refractivity contribution in [2.24, 2.45) is 0 Å². The molecule has 18 heavy (non-hydrogen) atoms. The highest BCUT2D eigenvalue weighted by atomic mass is 79.9. The summed E-state index contributed by atoms with van der Waals surface area (Å²) in [5.74, 6) is -0.306. The third-order valence-electron chi connectivity index (χ3n) is 2.64. The van der Waals surface area contributed by atoms with Crippen molar-refractivity contribution in [3.05, 3.63) is 64.4 Å². The molecule has 2 aromatic rings. The number of aliphatic hydroxyl groups is 1. The molecule has 2 rings (SSSR count). The first-order valence-corrected chi connectivity index (χ1v) is 6.37. The molecule has 0 aliphatic carbocycles. The van der Waals surface area contributed by atoms with Crippen LogP contribution in [-0.4, -0.2) is 11.7 Å². The van der Waals surface area contributed by atoms with E-state index in [2.05, 4.69) is 21.2 Å². The van der Waals surface area contributed by atoms with E-state index in [-0.39, 0.29) is 18.5 Å². The lowest BCUT2D eigenvalue weighted by molar-refractivity contribution is 0.276. The van der Waals surface area contributed by atoms with Gasteiger partial charge in [-0.15, -0.1) is 0 Å². The van der Waals surface area contributed by atoms with Crippen LogP contribution in [0.25, 0.3) is 0 Å². The molecule has 0 aliphatic rings. The Balaban J connectivity index is 2.23. The van der Waals surface area contributed by atoms with E-state index >= 15 is 0 Å². The summed E-state index contributed by atoms with van der Waals surface area (Å²) in [5, 5.41) is 12.6. The molecule has 4 heteroatoms. The first-order chi connectivity index (χ1) is 8.70. The SMILES string of the molecule is OCC(Nc1ccccc1Br)c1cccc(F)c1. The smallest absolute Gasteiger partial charge is 0.123 e. The molecule has 0 fully saturated rings. The van der Waals surface area contributed by atoms with Crippen molar-refractivity contribution in [1.82, 2.24) is 0 Å². The summed E-state index contributed by atoms with van der Waals surface area (Å²) < 4.78 is 14.1. The molecule has 0 heterocycles. The molecule has 2 aromatic carbocycles. The number of aliphatic hydroxyl groups excluding tert-OH is 1. The minimum Gasteiger partial charge on any atom is -0.394 e. The predicted octanol–water partition coefficient (Wildman–Crippen LogP) is 3.73. The van der Waals surface area contributed by atoms with Gasteiger partial charge in [0.1, 0.15) is 5.82 Å². The van der Waals surface area contributed by atoms with E-state index in [1.807, 2.05) is 24.3 Å². The van der Waals surface area contributed by atoms with Gasteiger partial charge in [0.2, 0.25) is 0 Å². The van der Waals surface area contributed by atoms with E-state index in [4.69, 9.17) is 0 Å². The fourth-order valence-corrected chi connectivity index (χ4v) is 2.12. The minimum absolute atomic E-state index is 0.106. The van der Waals surface area contributed by atoms with Crippen LogP contribution >= 0.6 is 15.9 Å². The van der Waals surface area contributed by atoms with Crippen LogP contribution < -0.4 is 5.32 Å². The number of rotatable bonds is 4. The van der Waals surface area contributed by atoms with Crippen LogP contribution in [0.3, 0.4) is 0 Å². The number of halogens is 2. The zero-order valence-electron chi connectivity index (χ0n) is 9.61. The molecule has 0 saturated carbocycles. The van der Waals surface area contributed by atoms with Gasteiger partial charge in [0, 0.05) is 10.2 Å². The second kappa shape index (κ2) is 5.98. The number of para-hydroxylation sites is 1. The minimum atomic E-state index is -0.334. The summed E-state index contributed by atoms with van der Waals surface area (Å²) >= 11 is 3.42. The Morgan fingerprint density at radius 3 is 2.61 bits per heavy atom. The molecule has 0 aromatic heterocycles. The highest BCUT2D eigenvalue weighted by Crippen LogP contribution is 2.26. The summed E-state index contributed by atoms with van der Waals surface area (Å²) in [6, 6.07) is 13.5. The Morgan fingerprint density at radius 1 is 1.17 bits per heavy atom. The summed E-state index contributed by atoms with van der Waals surface area (Å²) in [6.45, 7) is -0.106. The Bertz CT molecular complexity index is 533. The van der Waals surface area contributed by atoms with Crippen molar-refractivity contribution in [1.29, 1.82) is 0 Å². The Hall–Kier alpha value is -1.39. The van der Waals surface area contributed by atoms with Gasteiger partial charge >= 0.3 is 0 Å². The zero-order valence-corrected chi connectivity index (χ0v) is 11.2. The van der Waals surface area contributed by atoms with Gasteiger partial charge in [-0.05, 0) is 45.8 Å². The van der Waals surface area contributed by atoms with Gasteiger partial charge in [-0.2, -0.15) is 0 Å². The molecule has 0 radical (unpaired) electrons. The van der Waals surface area contributed by atoms with Crippen LogP contribution in [0.5, 0.6) is 0 Å². The largest absolute Gasteiger partial charge is 0.394 e. The highest BCUT2D eigenvalue weighted by molar-refractivity contribution is 9.10. The van der Waals surface area contributed by atoms with Gasteiger partial charge in [-0.3, -0.25) is 0 Å². The third-order valence-corrected chi connectivity index (χ3v) is 3.33. The number of anilines is 1. The molecule has 1 atom stereocenters. The topological polar surface area (TPSA) is 32.3 Å².